The van der Waals surface area contributed by atoms with E-state index < -0.39 is 4.92 Å². The molecule has 0 saturated carbocycles. The molecule has 2 aromatic rings. The second kappa shape index (κ2) is 7.28. The molecule has 0 radical (unpaired) electrons. The monoisotopic (exact) mass is 286 g/mol. The highest BCUT2D eigenvalue weighted by Gasteiger charge is 2.15. The van der Waals surface area contributed by atoms with Crippen LogP contribution in [0.1, 0.15) is 12.5 Å². The van der Waals surface area contributed by atoms with Gasteiger partial charge in [-0.15, -0.1) is 0 Å². The summed E-state index contributed by atoms with van der Waals surface area (Å²) in [5, 5.41) is 14.2. The van der Waals surface area contributed by atoms with Crippen LogP contribution in [-0.2, 0) is 6.42 Å². The van der Waals surface area contributed by atoms with Gasteiger partial charge in [-0.2, -0.15) is 0 Å². The third-order valence-electron chi connectivity index (χ3n) is 3.04. The van der Waals surface area contributed by atoms with E-state index in [1.807, 2.05) is 18.2 Å². The largest absolute Gasteiger partial charge is 0.487 e. The van der Waals surface area contributed by atoms with E-state index >= 15 is 0 Å². The van der Waals surface area contributed by atoms with E-state index in [1.165, 1.54) is 11.6 Å². The minimum absolute atomic E-state index is 0.00883. The van der Waals surface area contributed by atoms with Crippen molar-refractivity contribution in [3.05, 3.63) is 64.2 Å². The quantitative estimate of drug-likeness (QED) is 0.623. The van der Waals surface area contributed by atoms with Crippen LogP contribution in [0.25, 0.3) is 0 Å². The Morgan fingerprint density at radius 1 is 1.19 bits per heavy atom. The van der Waals surface area contributed by atoms with Gasteiger partial charge >= 0.3 is 5.69 Å². The van der Waals surface area contributed by atoms with Gasteiger partial charge in [0.15, 0.2) is 5.75 Å². The summed E-state index contributed by atoms with van der Waals surface area (Å²) >= 11 is 0. The molecule has 0 saturated heterocycles. The molecule has 1 N–H and O–H groups in total. The maximum atomic E-state index is 10.9. The van der Waals surface area contributed by atoms with Crippen LogP contribution in [0.5, 0.6) is 5.75 Å². The van der Waals surface area contributed by atoms with Gasteiger partial charge in [-0.1, -0.05) is 30.3 Å². The highest BCUT2D eigenvalue weighted by molar-refractivity contribution is 5.58. The minimum atomic E-state index is -0.432. The fraction of sp³-hybridized carbons (Fsp3) is 0.250. The molecule has 5 heteroatoms. The summed E-state index contributed by atoms with van der Waals surface area (Å²) in [6.45, 7) is 2.96. The molecule has 0 fully saturated rings. The van der Waals surface area contributed by atoms with Crippen molar-refractivity contribution < 1.29 is 9.66 Å². The first kappa shape index (κ1) is 14.8. The van der Waals surface area contributed by atoms with Crippen LogP contribution in [0.4, 0.5) is 11.4 Å². The van der Waals surface area contributed by atoms with Gasteiger partial charge in [-0.3, -0.25) is 10.1 Å². The number of nitrogens with zero attached hydrogens (tertiary/aromatic N) is 1. The lowest BCUT2D eigenvalue weighted by Gasteiger charge is -2.09. The summed E-state index contributed by atoms with van der Waals surface area (Å²) < 4.78 is 5.32. The third-order valence-corrected chi connectivity index (χ3v) is 3.04. The van der Waals surface area contributed by atoms with Crippen molar-refractivity contribution in [3.8, 4) is 5.75 Å². The maximum absolute atomic E-state index is 10.9. The third kappa shape index (κ3) is 4.21. The zero-order valence-electron chi connectivity index (χ0n) is 11.9. The number of hydrogen-bond donors (Lipinski definition) is 1. The maximum Gasteiger partial charge on any atom is 0.311 e. The van der Waals surface area contributed by atoms with Gasteiger partial charge in [0.25, 0.3) is 0 Å². The van der Waals surface area contributed by atoms with Crippen LogP contribution in [0.3, 0.4) is 0 Å². The number of hydrogen-bond acceptors (Lipinski definition) is 4. The topological polar surface area (TPSA) is 64.4 Å². The van der Waals surface area contributed by atoms with Crippen molar-refractivity contribution in [1.29, 1.82) is 0 Å². The van der Waals surface area contributed by atoms with Gasteiger partial charge < -0.3 is 10.1 Å². The summed E-state index contributed by atoms with van der Waals surface area (Å²) in [7, 11) is 0. The Balaban J connectivity index is 2.00. The minimum Gasteiger partial charge on any atom is -0.487 e. The molecule has 0 unspecified atom stereocenters. The number of rotatable bonds is 7. The fourth-order valence-electron chi connectivity index (χ4n) is 2.04. The van der Waals surface area contributed by atoms with Crippen LogP contribution < -0.4 is 10.1 Å². The fourth-order valence-corrected chi connectivity index (χ4v) is 2.04. The van der Waals surface area contributed by atoms with Crippen molar-refractivity contribution in [2.45, 2.75) is 13.3 Å². The highest BCUT2D eigenvalue weighted by atomic mass is 16.6. The van der Waals surface area contributed by atoms with Crippen molar-refractivity contribution in [2.75, 3.05) is 18.5 Å². The van der Waals surface area contributed by atoms with E-state index in [0.717, 1.165) is 18.7 Å². The Labute approximate surface area is 123 Å². The summed E-state index contributed by atoms with van der Waals surface area (Å²) in [5.74, 6) is 0.298. The first-order chi connectivity index (χ1) is 10.2. The summed E-state index contributed by atoms with van der Waals surface area (Å²) in [5.41, 5.74) is 2.06. The molecule has 0 bridgehead atoms. The Kier molecular flexibility index (Phi) is 5.15. The molecule has 0 spiro atoms. The molecule has 0 aliphatic carbocycles. The van der Waals surface area contributed by atoms with E-state index in [-0.39, 0.29) is 5.69 Å². The molecule has 0 aromatic heterocycles. The number of ether oxygens (including phenoxy) is 1. The molecule has 2 rings (SSSR count). The summed E-state index contributed by atoms with van der Waals surface area (Å²) in [4.78, 5) is 10.5. The molecule has 0 amide bonds. The summed E-state index contributed by atoms with van der Waals surface area (Å²) in [6.07, 6.45) is 0.891. The average Bonchev–Trinajstić information content (AvgIpc) is 2.49. The van der Waals surface area contributed by atoms with Crippen LogP contribution in [-0.4, -0.2) is 18.1 Å². The number of nitrogens with one attached hydrogen (secondary N) is 1. The van der Waals surface area contributed by atoms with E-state index in [4.69, 9.17) is 4.74 Å². The van der Waals surface area contributed by atoms with Crippen LogP contribution in [0.2, 0.25) is 0 Å². The van der Waals surface area contributed by atoms with Gasteiger partial charge in [0, 0.05) is 24.4 Å². The predicted molar refractivity (Wildman–Crippen MR) is 82.9 cm³/mol. The van der Waals surface area contributed by atoms with E-state index in [9.17, 15) is 10.1 Å². The molecule has 5 nitrogen and oxygen atoms in total. The van der Waals surface area contributed by atoms with Gasteiger partial charge in [-0.25, -0.2) is 0 Å². The Hall–Kier alpha value is -2.56. The Morgan fingerprint density at radius 2 is 1.95 bits per heavy atom. The van der Waals surface area contributed by atoms with Crippen LogP contribution >= 0.6 is 0 Å². The van der Waals surface area contributed by atoms with Gasteiger partial charge in [-0.05, 0) is 25.0 Å². The van der Waals surface area contributed by atoms with Gasteiger partial charge in [0.2, 0.25) is 0 Å². The molecule has 0 atom stereocenters. The molecule has 21 heavy (non-hydrogen) atoms. The summed E-state index contributed by atoms with van der Waals surface area (Å²) in [6, 6.07) is 15.0. The highest BCUT2D eigenvalue weighted by Crippen LogP contribution is 2.30. The number of benzene rings is 2. The second-order valence-corrected chi connectivity index (χ2v) is 4.54. The predicted octanol–water partition coefficient (Wildman–Crippen LogP) is 3.65. The molecule has 0 heterocycles. The molecular formula is C16H18N2O3. The smallest absolute Gasteiger partial charge is 0.311 e. The standard InChI is InChI=1S/C16H18N2O3/c1-2-21-16-12-14(8-9-15(16)18(19)20)17-11-10-13-6-4-3-5-7-13/h3-9,12,17H,2,10-11H2,1H3. The van der Waals surface area contributed by atoms with E-state index in [2.05, 4.69) is 17.4 Å². The zero-order valence-corrected chi connectivity index (χ0v) is 11.9. The van der Waals surface area contributed by atoms with Crippen LogP contribution in [0.15, 0.2) is 48.5 Å². The number of anilines is 1. The van der Waals surface area contributed by atoms with E-state index in [0.29, 0.717) is 12.4 Å². The lowest BCUT2D eigenvalue weighted by molar-refractivity contribution is -0.385. The van der Waals surface area contributed by atoms with Crippen molar-refractivity contribution in [2.24, 2.45) is 0 Å². The number of nitro groups is 1. The van der Waals surface area contributed by atoms with E-state index in [1.54, 1.807) is 19.1 Å². The van der Waals surface area contributed by atoms with Crippen LogP contribution in [0, 0.1) is 10.1 Å². The normalized spacial score (nSPS) is 10.1. The Bertz CT molecular complexity index is 600. The molecular weight excluding hydrogens is 268 g/mol. The zero-order chi connectivity index (χ0) is 15.1. The first-order valence-corrected chi connectivity index (χ1v) is 6.89. The number of nitro benzene ring substituents is 1. The SMILES string of the molecule is CCOc1cc(NCCc2ccccc2)ccc1[N+](=O)[O-]. The first-order valence-electron chi connectivity index (χ1n) is 6.89. The lowest BCUT2D eigenvalue weighted by Crippen LogP contribution is -2.05. The van der Waals surface area contributed by atoms with Gasteiger partial charge in [0.05, 0.1) is 11.5 Å². The Morgan fingerprint density at radius 3 is 2.62 bits per heavy atom. The van der Waals surface area contributed by atoms with Gasteiger partial charge in [0.1, 0.15) is 0 Å². The molecule has 0 aliphatic heterocycles. The molecule has 2 aromatic carbocycles. The lowest BCUT2D eigenvalue weighted by atomic mass is 10.1. The average molecular weight is 286 g/mol. The molecule has 110 valence electrons. The second-order valence-electron chi connectivity index (χ2n) is 4.54. The van der Waals surface area contributed by atoms with Crippen molar-refractivity contribution >= 4 is 11.4 Å². The van der Waals surface area contributed by atoms with Crippen molar-refractivity contribution in [3.63, 3.8) is 0 Å². The molecule has 0 aliphatic rings. The van der Waals surface area contributed by atoms with Crippen molar-refractivity contribution in [1.82, 2.24) is 0 Å².